The molecule has 0 unspecified atom stereocenters. The first-order chi connectivity index (χ1) is 11.1. The van der Waals surface area contributed by atoms with E-state index in [-0.39, 0.29) is 6.15 Å². The number of carbonyl (C=O) groups excluding carboxylic acids is 2. The number of nitrogens with one attached hydrogen (secondary N) is 1. The van der Waals surface area contributed by atoms with Gasteiger partial charge < -0.3 is 0 Å². The number of rotatable bonds is 3. The van der Waals surface area contributed by atoms with Crippen LogP contribution in [0.5, 0.6) is 0 Å². The molecule has 0 fully saturated rings. The molecule has 5 nitrogen and oxygen atoms in total. The lowest BCUT2D eigenvalue weighted by molar-refractivity contribution is -0.191. The van der Waals surface area contributed by atoms with E-state index < -0.39 is 0 Å². The van der Waals surface area contributed by atoms with E-state index in [1.807, 2.05) is 36.4 Å². The van der Waals surface area contributed by atoms with Gasteiger partial charge in [-0.05, 0) is 35.4 Å². The van der Waals surface area contributed by atoms with Crippen LogP contribution in [0.1, 0.15) is 0 Å². The normalized spacial score (nSPS) is 9.65. The zero-order valence-corrected chi connectivity index (χ0v) is 13.8. The van der Waals surface area contributed by atoms with Crippen molar-refractivity contribution in [1.29, 1.82) is 0 Å². The highest BCUT2D eigenvalue weighted by Gasteiger charge is 2.04. The maximum absolute atomic E-state index is 8.12. The van der Waals surface area contributed by atoms with E-state index in [2.05, 4.69) is 15.4 Å². The molecule has 0 aliphatic carbocycles. The molecule has 0 aliphatic rings. The predicted octanol–water partition coefficient (Wildman–Crippen LogP) is 4.35. The molecule has 0 radical (unpaired) electrons. The fraction of sp³-hybridized carbons (Fsp3) is 0. The van der Waals surface area contributed by atoms with Crippen molar-refractivity contribution in [2.75, 3.05) is 0 Å². The van der Waals surface area contributed by atoms with Gasteiger partial charge in [0.2, 0.25) is 0 Å². The van der Waals surface area contributed by atoms with Gasteiger partial charge in [0.25, 0.3) is 0 Å². The molecule has 0 saturated heterocycles. The first-order valence-electron chi connectivity index (χ1n) is 6.22. The lowest BCUT2D eigenvalue weighted by atomic mass is 10.1. The predicted molar refractivity (Wildman–Crippen MR) is 87.4 cm³/mol. The molecular weight excluding hydrogens is 357 g/mol. The fourth-order valence-electron chi connectivity index (χ4n) is 1.75. The topological polar surface area (TPSA) is 75.7 Å². The van der Waals surface area contributed by atoms with Crippen LogP contribution in [0.25, 0.3) is 11.1 Å². The average molecular weight is 366 g/mol. The van der Waals surface area contributed by atoms with Crippen molar-refractivity contribution in [3.05, 3.63) is 58.7 Å². The number of hydrogen-bond acceptors (Lipinski definition) is 5. The third-order valence-electron chi connectivity index (χ3n) is 2.72. The molecular formula is C15H9Cl2N3O2S. The molecule has 0 amide bonds. The van der Waals surface area contributed by atoms with Gasteiger partial charge in [-0.2, -0.15) is 19.9 Å². The smallest absolute Gasteiger partial charge is 0.197 e. The zero-order valence-electron chi connectivity index (χ0n) is 11.5. The van der Waals surface area contributed by atoms with Crippen molar-refractivity contribution in [3.8, 4) is 11.1 Å². The molecule has 2 aromatic carbocycles. The summed E-state index contributed by atoms with van der Waals surface area (Å²) in [6.07, 6.45) is 1.94. The van der Waals surface area contributed by atoms with Gasteiger partial charge in [0.15, 0.2) is 0 Å². The van der Waals surface area contributed by atoms with E-state index in [4.69, 9.17) is 32.8 Å². The molecule has 0 saturated carbocycles. The van der Waals surface area contributed by atoms with Gasteiger partial charge in [-0.25, -0.2) is 0 Å². The molecule has 23 heavy (non-hydrogen) atoms. The highest BCUT2D eigenvalue weighted by atomic mass is 35.5. The SMILES string of the molecule is Clc1ccc(-c2ccc(Sc3cn[nH]n3)cc2)cc1Cl.O=C=O. The summed E-state index contributed by atoms with van der Waals surface area (Å²) < 4.78 is 0. The molecule has 0 atom stereocenters. The van der Waals surface area contributed by atoms with Crippen molar-refractivity contribution in [2.24, 2.45) is 0 Å². The Morgan fingerprint density at radius 2 is 1.61 bits per heavy atom. The Hall–Kier alpha value is -2.11. The van der Waals surface area contributed by atoms with E-state index in [1.165, 1.54) is 0 Å². The van der Waals surface area contributed by atoms with E-state index in [1.54, 1.807) is 24.0 Å². The van der Waals surface area contributed by atoms with Crippen molar-refractivity contribution in [3.63, 3.8) is 0 Å². The first-order valence-corrected chi connectivity index (χ1v) is 7.79. The Kier molecular flexibility index (Phi) is 6.38. The number of halogens is 2. The number of hydrogen-bond donors (Lipinski definition) is 1. The highest BCUT2D eigenvalue weighted by molar-refractivity contribution is 7.99. The number of benzene rings is 2. The first kappa shape index (κ1) is 17.2. The maximum atomic E-state index is 8.12. The Morgan fingerprint density at radius 3 is 2.17 bits per heavy atom. The molecule has 0 aliphatic heterocycles. The number of H-pyrrole nitrogens is 1. The van der Waals surface area contributed by atoms with Crippen LogP contribution in [-0.4, -0.2) is 21.6 Å². The Labute approximate surface area is 146 Å². The van der Waals surface area contributed by atoms with Gasteiger partial charge in [0.1, 0.15) is 5.03 Å². The van der Waals surface area contributed by atoms with Crippen LogP contribution in [-0.2, 0) is 9.59 Å². The summed E-state index contributed by atoms with van der Waals surface area (Å²) in [6.45, 7) is 0. The summed E-state index contributed by atoms with van der Waals surface area (Å²) in [5.74, 6) is 0. The molecule has 1 N–H and O–H groups in total. The molecule has 0 bridgehead atoms. The summed E-state index contributed by atoms with van der Waals surface area (Å²) in [6, 6.07) is 13.8. The maximum Gasteiger partial charge on any atom is 0.373 e. The van der Waals surface area contributed by atoms with Gasteiger partial charge >= 0.3 is 6.15 Å². The van der Waals surface area contributed by atoms with Crippen molar-refractivity contribution >= 4 is 41.1 Å². The molecule has 1 aromatic heterocycles. The number of aromatic nitrogens is 3. The minimum Gasteiger partial charge on any atom is -0.197 e. The number of aromatic amines is 1. The van der Waals surface area contributed by atoms with Crippen molar-refractivity contribution < 1.29 is 9.59 Å². The van der Waals surface area contributed by atoms with Crippen LogP contribution in [0, 0.1) is 0 Å². The fourth-order valence-corrected chi connectivity index (χ4v) is 2.76. The van der Waals surface area contributed by atoms with Crippen LogP contribution in [0.15, 0.2) is 58.6 Å². The Bertz CT molecular complexity index is 802. The van der Waals surface area contributed by atoms with Gasteiger partial charge in [0, 0.05) is 4.90 Å². The van der Waals surface area contributed by atoms with Crippen LogP contribution in [0.3, 0.4) is 0 Å². The second-order valence-corrected chi connectivity index (χ2v) is 6.06. The summed E-state index contributed by atoms with van der Waals surface area (Å²) in [4.78, 5) is 17.3. The van der Waals surface area contributed by atoms with E-state index in [0.29, 0.717) is 10.0 Å². The van der Waals surface area contributed by atoms with Crippen LogP contribution >= 0.6 is 35.0 Å². The van der Waals surface area contributed by atoms with Gasteiger partial charge in [0.05, 0.1) is 16.2 Å². The van der Waals surface area contributed by atoms with E-state index in [0.717, 1.165) is 21.0 Å². The van der Waals surface area contributed by atoms with Crippen LogP contribution in [0.4, 0.5) is 0 Å². The molecule has 3 rings (SSSR count). The third kappa shape index (κ3) is 4.94. The number of nitrogens with zero attached hydrogens (tertiary/aromatic N) is 2. The monoisotopic (exact) mass is 365 g/mol. The van der Waals surface area contributed by atoms with E-state index >= 15 is 0 Å². The van der Waals surface area contributed by atoms with Crippen LogP contribution < -0.4 is 0 Å². The molecule has 8 heteroatoms. The summed E-state index contributed by atoms with van der Waals surface area (Å²) in [7, 11) is 0. The minimum absolute atomic E-state index is 0.250. The summed E-state index contributed by atoms with van der Waals surface area (Å²) in [5, 5.41) is 12.3. The standard InChI is InChI=1S/C14H9Cl2N3S.CO2/c15-12-6-3-10(7-13(12)16)9-1-4-11(5-2-9)20-14-8-17-19-18-14;2-1-3/h1-8H,(H,17,18,19);. The Balaban J connectivity index is 0.000000595. The lowest BCUT2D eigenvalue weighted by Crippen LogP contribution is -1.80. The quantitative estimate of drug-likeness (QED) is 0.746. The largest absolute Gasteiger partial charge is 0.373 e. The second-order valence-electron chi connectivity index (χ2n) is 4.15. The summed E-state index contributed by atoms with van der Waals surface area (Å²) >= 11 is 13.5. The van der Waals surface area contributed by atoms with Crippen molar-refractivity contribution in [2.45, 2.75) is 9.92 Å². The highest BCUT2D eigenvalue weighted by Crippen LogP contribution is 2.31. The summed E-state index contributed by atoms with van der Waals surface area (Å²) in [5.41, 5.74) is 2.13. The van der Waals surface area contributed by atoms with Gasteiger partial charge in [-0.1, -0.05) is 53.2 Å². The third-order valence-corrected chi connectivity index (χ3v) is 4.38. The second kappa shape index (κ2) is 8.50. The van der Waals surface area contributed by atoms with Gasteiger partial charge in [-0.15, -0.1) is 5.10 Å². The zero-order chi connectivity index (χ0) is 16.7. The van der Waals surface area contributed by atoms with Crippen molar-refractivity contribution in [1.82, 2.24) is 15.4 Å². The Morgan fingerprint density at radius 1 is 0.957 bits per heavy atom. The molecule has 3 aromatic rings. The molecule has 1 heterocycles. The molecule has 116 valence electrons. The lowest BCUT2D eigenvalue weighted by Gasteiger charge is -2.05. The minimum atomic E-state index is 0.250. The average Bonchev–Trinajstić information content (AvgIpc) is 3.05. The van der Waals surface area contributed by atoms with Gasteiger partial charge in [-0.3, -0.25) is 0 Å². The van der Waals surface area contributed by atoms with Crippen LogP contribution in [0.2, 0.25) is 10.0 Å². The molecule has 0 spiro atoms. The van der Waals surface area contributed by atoms with E-state index in [9.17, 15) is 0 Å².